The molecule has 0 aliphatic heterocycles. The standard InChI is InChI=1S/C27H30N2O4/c1-4-29(27(31)19-11-12-19)17-24-21(16-20-8-6-7-9-23(20)28-24)22-14-18(10-13-25(22)32-3)15-26(30)33-5-2/h6-10,13-14,16,19H,4-5,11-12,15,17H2,1-3H3. The van der Waals surface area contributed by atoms with Gasteiger partial charge in [-0.2, -0.15) is 0 Å². The molecule has 0 saturated heterocycles. The van der Waals surface area contributed by atoms with Gasteiger partial charge in [0.05, 0.1) is 37.9 Å². The van der Waals surface area contributed by atoms with Crippen molar-refractivity contribution < 1.29 is 19.1 Å². The first kappa shape index (κ1) is 22.8. The second kappa shape index (κ2) is 10.0. The van der Waals surface area contributed by atoms with Gasteiger partial charge in [0, 0.05) is 29.0 Å². The minimum absolute atomic E-state index is 0.149. The van der Waals surface area contributed by atoms with Gasteiger partial charge >= 0.3 is 5.97 Å². The summed E-state index contributed by atoms with van der Waals surface area (Å²) in [6.45, 7) is 5.21. The van der Waals surface area contributed by atoms with Gasteiger partial charge in [-0.05, 0) is 56.5 Å². The predicted molar refractivity (Wildman–Crippen MR) is 128 cm³/mol. The smallest absolute Gasteiger partial charge is 0.310 e. The largest absolute Gasteiger partial charge is 0.496 e. The number of pyridine rings is 1. The van der Waals surface area contributed by atoms with E-state index in [0.29, 0.717) is 25.4 Å². The molecule has 0 N–H and O–H groups in total. The van der Waals surface area contributed by atoms with Gasteiger partial charge in [0.15, 0.2) is 0 Å². The highest BCUT2D eigenvalue weighted by molar-refractivity contribution is 5.87. The average molecular weight is 447 g/mol. The Labute approximate surface area is 194 Å². The number of benzene rings is 2. The number of methoxy groups -OCH3 is 1. The molecule has 2 aromatic carbocycles. The lowest BCUT2D eigenvalue weighted by Crippen LogP contribution is -2.32. The molecule has 6 nitrogen and oxygen atoms in total. The average Bonchev–Trinajstić information content (AvgIpc) is 3.67. The molecule has 4 rings (SSSR count). The number of fused-ring (bicyclic) bond motifs is 1. The van der Waals surface area contributed by atoms with Crippen molar-refractivity contribution in [2.24, 2.45) is 5.92 Å². The normalized spacial score (nSPS) is 13.1. The fourth-order valence-corrected chi connectivity index (χ4v) is 4.08. The topological polar surface area (TPSA) is 68.7 Å². The van der Waals surface area contributed by atoms with Gasteiger partial charge in [-0.1, -0.05) is 24.3 Å². The number of aromatic nitrogens is 1. The van der Waals surface area contributed by atoms with Crippen LogP contribution in [0.25, 0.3) is 22.0 Å². The molecule has 1 aliphatic carbocycles. The Hall–Kier alpha value is -3.41. The Bertz CT molecular complexity index is 1170. The summed E-state index contributed by atoms with van der Waals surface area (Å²) in [6.07, 6.45) is 2.12. The number of ether oxygens (including phenoxy) is 2. The van der Waals surface area contributed by atoms with E-state index in [0.717, 1.165) is 46.1 Å². The third-order valence-corrected chi connectivity index (χ3v) is 5.97. The van der Waals surface area contributed by atoms with Crippen LogP contribution in [0.4, 0.5) is 0 Å². The number of rotatable bonds is 9. The van der Waals surface area contributed by atoms with E-state index in [1.54, 1.807) is 14.0 Å². The zero-order valence-electron chi connectivity index (χ0n) is 19.5. The summed E-state index contributed by atoms with van der Waals surface area (Å²) in [5.74, 6) is 0.771. The third-order valence-electron chi connectivity index (χ3n) is 5.97. The van der Waals surface area contributed by atoms with Crippen molar-refractivity contribution in [2.45, 2.75) is 39.7 Å². The van der Waals surface area contributed by atoms with Gasteiger partial charge < -0.3 is 14.4 Å². The molecule has 0 spiro atoms. The maximum Gasteiger partial charge on any atom is 0.310 e. The minimum Gasteiger partial charge on any atom is -0.496 e. The lowest BCUT2D eigenvalue weighted by atomic mass is 9.97. The lowest BCUT2D eigenvalue weighted by molar-refractivity contribution is -0.142. The van der Waals surface area contributed by atoms with Gasteiger partial charge in [0.2, 0.25) is 5.91 Å². The Morgan fingerprint density at radius 3 is 2.55 bits per heavy atom. The maximum absolute atomic E-state index is 12.8. The molecule has 6 heteroatoms. The number of amides is 1. The number of carbonyl (C=O) groups is 2. The fourth-order valence-electron chi connectivity index (χ4n) is 4.08. The second-order valence-corrected chi connectivity index (χ2v) is 8.32. The van der Waals surface area contributed by atoms with Gasteiger partial charge in [-0.3, -0.25) is 14.6 Å². The monoisotopic (exact) mass is 446 g/mol. The summed E-state index contributed by atoms with van der Waals surface area (Å²) in [6, 6.07) is 15.8. The molecule has 0 unspecified atom stereocenters. The summed E-state index contributed by atoms with van der Waals surface area (Å²) in [5, 5.41) is 1.01. The van der Waals surface area contributed by atoms with E-state index in [9.17, 15) is 9.59 Å². The van der Waals surface area contributed by atoms with Crippen LogP contribution < -0.4 is 4.74 Å². The molecule has 0 bridgehead atoms. The minimum atomic E-state index is -0.266. The molecule has 1 fully saturated rings. The molecule has 1 saturated carbocycles. The van der Waals surface area contributed by atoms with Gasteiger partial charge in [-0.15, -0.1) is 0 Å². The molecule has 1 aromatic heterocycles. The van der Waals surface area contributed by atoms with E-state index >= 15 is 0 Å². The van der Waals surface area contributed by atoms with Crippen LogP contribution >= 0.6 is 0 Å². The van der Waals surface area contributed by atoms with Crippen molar-refractivity contribution in [2.75, 3.05) is 20.3 Å². The van der Waals surface area contributed by atoms with E-state index in [1.165, 1.54) is 0 Å². The summed E-state index contributed by atoms with van der Waals surface area (Å²) in [5.41, 5.74) is 4.29. The van der Waals surface area contributed by atoms with Gasteiger partial charge in [0.1, 0.15) is 5.75 Å². The van der Waals surface area contributed by atoms with Crippen molar-refractivity contribution in [3.63, 3.8) is 0 Å². The van der Waals surface area contributed by atoms with E-state index < -0.39 is 0 Å². The molecular formula is C27H30N2O4. The zero-order valence-corrected chi connectivity index (χ0v) is 19.5. The second-order valence-electron chi connectivity index (χ2n) is 8.32. The SMILES string of the molecule is CCOC(=O)Cc1ccc(OC)c(-c2cc3ccccc3nc2CN(CC)C(=O)C2CC2)c1. The molecule has 33 heavy (non-hydrogen) atoms. The first-order valence-corrected chi connectivity index (χ1v) is 11.5. The molecular weight excluding hydrogens is 416 g/mol. The Balaban J connectivity index is 1.80. The van der Waals surface area contributed by atoms with Crippen LogP contribution in [0, 0.1) is 5.92 Å². The number of para-hydroxylation sites is 1. The Kier molecular flexibility index (Phi) is 6.92. The van der Waals surface area contributed by atoms with Crippen LogP contribution in [0.15, 0.2) is 48.5 Å². The molecule has 1 heterocycles. The van der Waals surface area contributed by atoms with Crippen molar-refractivity contribution in [3.05, 3.63) is 59.8 Å². The Morgan fingerprint density at radius 1 is 1.06 bits per heavy atom. The number of hydrogen-bond acceptors (Lipinski definition) is 5. The zero-order chi connectivity index (χ0) is 23.4. The highest BCUT2D eigenvalue weighted by Gasteiger charge is 2.33. The van der Waals surface area contributed by atoms with Crippen LogP contribution in [0.2, 0.25) is 0 Å². The highest BCUT2D eigenvalue weighted by Crippen LogP contribution is 2.36. The lowest BCUT2D eigenvalue weighted by Gasteiger charge is -2.23. The predicted octanol–water partition coefficient (Wildman–Crippen LogP) is 4.77. The van der Waals surface area contributed by atoms with Crippen LogP contribution in [0.5, 0.6) is 5.75 Å². The van der Waals surface area contributed by atoms with Crippen molar-refractivity contribution in [1.82, 2.24) is 9.88 Å². The number of esters is 1. The van der Waals surface area contributed by atoms with Gasteiger partial charge in [0.25, 0.3) is 0 Å². The van der Waals surface area contributed by atoms with E-state index in [1.807, 2.05) is 54.3 Å². The van der Waals surface area contributed by atoms with Crippen LogP contribution in [0.3, 0.4) is 0 Å². The van der Waals surface area contributed by atoms with E-state index in [-0.39, 0.29) is 24.2 Å². The van der Waals surface area contributed by atoms with Crippen LogP contribution in [-0.4, -0.2) is 42.0 Å². The number of hydrogen-bond donors (Lipinski definition) is 0. The first-order chi connectivity index (χ1) is 16.0. The quantitative estimate of drug-likeness (QED) is 0.443. The van der Waals surface area contributed by atoms with Crippen LogP contribution in [0.1, 0.15) is 37.9 Å². The summed E-state index contributed by atoms with van der Waals surface area (Å²) < 4.78 is 10.8. The van der Waals surface area contributed by atoms with E-state index in [4.69, 9.17) is 14.5 Å². The van der Waals surface area contributed by atoms with Crippen molar-refractivity contribution in [1.29, 1.82) is 0 Å². The maximum atomic E-state index is 12.8. The van der Waals surface area contributed by atoms with E-state index in [2.05, 4.69) is 6.07 Å². The number of carbonyl (C=O) groups excluding carboxylic acids is 2. The third kappa shape index (κ3) is 5.16. The van der Waals surface area contributed by atoms with Crippen molar-refractivity contribution in [3.8, 4) is 16.9 Å². The van der Waals surface area contributed by atoms with Crippen LogP contribution in [-0.2, 0) is 27.3 Å². The summed E-state index contributed by atoms with van der Waals surface area (Å²) >= 11 is 0. The van der Waals surface area contributed by atoms with Gasteiger partial charge in [-0.25, -0.2) is 0 Å². The molecule has 0 radical (unpaired) electrons. The molecule has 0 atom stereocenters. The van der Waals surface area contributed by atoms with Crippen molar-refractivity contribution >= 4 is 22.8 Å². The molecule has 3 aromatic rings. The molecule has 1 aliphatic rings. The first-order valence-electron chi connectivity index (χ1n) is 11.5. The summed E-state index contributed by atoms with van der Waals surface area (Å²) in [7, 11) is 1.63. The summed E-state index contributed by atoms with van der Waals surface area (Å²) in [4.78, 5) is 31.7. The fraction of sp³-hybridized carbons (Fsp3) is 0.370. The Morgan fingerprint density at radius 2 is 1.85 bits per heavy atom. The molecule has 1 amide bonds. The highest BCUT2D eigenvalue weighted by atomic mass is 16.5. The number of nitrogens with zero attached hydrogens (tertiary/aromatic N) is 2. The molecule has 172 valence electrons.